The van der Waals surface area contributed by atoms with Crippen molar-refractivity contribution < 1.29 is 0 Å². The maximum atomic E-state index is 6.22. The van der Waals surface area contributed by atoms with Crippen LogP contribution >= 0.6 is 0 Å². The lowest BCUT2D eigenvalue weighted by atomic mass is 9.95. The summed E-state index contributed by atoms with van der Waals surface area (Å²) < 4.78 is 2.19. The van der Waals surface area contributed by atoms with Gasteiger partial charge in [-0.1, -0.05) is 44.9 Å². The fourth-order valence-electron chi connectivity index (χ4n) is 3.34. The van der Waals surface area contributed by atoms with E-state index in [0.29, 0.717) is 17.9 Å². The first-order chi connectivity index (χ1) is 10.2. The Morgan fingerprint density at radius 1 is 1.14 bits per heavy atom. The number of rotatable bonds is 4. The molecule has 1 aromatic carbocycles. The largest absolute Gasteiger partial charge is 0.369 e. The third-order valence-electron chi connectivity index (χ3n) is 4.59. The van der Waals surface area contributed by atoms with Gasteiger partial charge in [0.25, 0.3) is 0 Å². The van der Waals surface area contributed by atoms with E-state index >= 15 is 0 Å². The topological polar surface area (TPSA) is 56.7 Å². The summed E-state index contributed by atoms with van der Waals surface area (Å²) in [5, 5.41) is 1.12. The van der Waals surface area contributed by atoms with E-state index in [1.54, 1.807) is 0 Å². The van der Waals surface area contributed by atoms with Crippen LogP contribution in [0.5, 0.6) is 0 Å². The van der Waals surface area contributed by atoms with E-state index < -0.39 is 0 Å². The molecular formula is C17H22N4. The van der Waals surface area contributed by atoms with Gasteiger partial charge >= 0.3 is 0 Å². The Morgan fingerprint density at radius 3 is 2.57 bits per heavy atom. The van der Waals surface area contributed by atoms with Gasteiger partial charge in [0.1, 0.15) is 5.52 Å². The molecule has 0 aliphatic heterocycles. The van der Waals surface area contributed by atoms with Gasteiger partial charge in [-0.15, -0.1) is 0 Å². The number of hydrogen-bond donors (Lipinski definition) is 1. The number of nitrogen functional groups attached to an aromatic ring is 1. The Bertz CT molecular complexity index is 771. The third kappa shape index (κ3) is 2.15. The van der Waals surface area contributed by atoms with Crippen molar-refractivity contribution in [2.24, 2.45) is 5.92 Å². The molecule has 1 atom stereocenters. The number of hydrogen-bond acceptors (Lipinski definition) is 3. The molecule has 0 amide bonds. The first kappa shape index (κ1) is 13.9. The van der Waals surface area contributed by atoms with Gasteiger partial charge in [-0.3, -0.25) is 4.98 Å². The molecule has 4 heteroatoms. The van der Waals surface area contributed by atoms with Crippen LogP contribution in [0.15, 0.2) is 30.5 Å². The molecule has 110 valence electrons. The van der Waals surface area contributed by atoms with Gasteiger partial charge in [0.2, 0.25) is 5.95 Å². The van der Waals surface area contributed by atoms with Crippen molar-refractivity contribution in [2.75, 3.05) is 5.73 Å². The summed E-state index contributed by atoms with van der Waals surface area (Å²) >= 11 is 0. The van der Waals surface area contributed by atoms with Crippen LogP contribution in [0.2, 0.25) is 0 Å². The summed E-state index contributed by atoms with van der Waals surface area (Å²) in [6, 6.07) is 8.51. The zero-order valence-corrected chi connectivity index (χ0v) is 12.9. The molecule has 21 heavy (non-hydrogen) atoms. The van der Waals surface area contributed by atoms with Crippen LogP contribution in [-0.2, 0) is 0 Å². The number of nitrogens with two attached hydrogens (primary N) is 1. The van der Waals surface area contributed by atoms with Gasteiger partial charge in [-0.2, -0.15) is 0 Å². The zero-order chi connectivity index (χ0) is 15.0. The normalized spacial score (nSPS) is 13.3. The van der Waals surface area contributed by atoms with E-state index in [-0.39, 0.29) is 0 Å². The SMILES string of the molecule is CCC(CC)C(C)n1c(N)nc2cnc3ccccc3c21. The number of para-hydroxylation sites is 1. The molecule has 0 aliphatic rings. The number of benzene rings is 1. The Kier molecular flexibility index (Phi) is 3.53. The molecule has 2 heterocycles. The van der Waals surface area contributed by atoms with Crippen molar-refractivity contribution in [2.45, 2.75) is 39.7 Å². The van der Waals surface area contributed by atoms with Crippen LogP contribution < -0.4 is 5.73 Å². The Morgan fingerprint density at radius 2 is 1.86 bits per heavy atom. The molecule has 4 nitrogen and oxygen atoms in total. The summed E-state index contributed by atoms with van der Waals surface area (Å²) in [6.45, 7) is 6.71. The molecule has 0 saturated carbocycles. The minimum atomic E-state index is 0.329. The molecule has 3 rings (SSSR count). The van der Waals surface area contributed by atoms with Crippen molar-refractivity contribution >= 4 is 27.9 Å². The number of fused-ring (bicyclic) bond motifs is 3. The highest BCUT2D eigenvalue weighted by molar-refractivity contribution is 6.03. The minimum absolute atomic E-state index is 0.329. The van der Waals surface area contributed by atoms with Gasteiger partial charge in [0, 0.05) is 11.4 Å². The highest BCUT2D eigenvalue weighted by atomic mass is 15.2. The van der Waals surface area contributed by atoms with E-state index in [1.807, 2.05) is 24.4 Å². The van der Waals surface area contributed by atoms with Crippen LogP contribution in [-0.4, -0.2) is 14.5 Å². The molecule has 0 aliphatic carbocycles. The fourth-order valence-corrected chi connectivity index (χ4v) is 3.34. The van der Waals surface area contributed by atoms with Gasteiger partial charge in [-0.05, 0) is 18.9 Å². The molecule has 0 bridgehead atoms. The lowest BCUT2D eigenvalue weighted by molar-refractivity contribution is 0.342. The molecule has 2 N–H and O–H groups in total. The highest BCUT2D eigenvalue weighted by Gasteiger charge is 2.21. The lowest BCUT2D eigenvalue weighted by Gasteiger charge is -2.24. The minimum Gasteiger partial charge on any atom is -0.369 e. The molecule has 0 fully saturated rings. The summed E-state index contributed by atoms with van der Waals surface area (Å²) in [4.78, 5) is 8.99. The van der Waals surface area contributed by atoms with Crippen LogP contribution in [0, 0.1) is 5.92 Å². The van der Waals surface area contributed by atoms with Crippen molar-refractivity contribution in [1.82, 2.24) is 14.5 Å². The maximum absolute atomic E-state index is 6.22. The van der Waals surface area contributed by atoms with E-state index in [1.165, 1.54) is 0 Å². The fraction of sp³-hybridized carbons (Fsp3) is 0.412. The molecule has 0 saturated heterocycles. The van der Waals surface area contributed by atoms with Gasteiger partial charge < -0.3 is 10.3 Å². The predicted octanol–water partition coefficient (Wildman–Crippen LogP) is 4.16. The number of aromatic nitrogens is 3. The predicted molar refractivity (Wildman–Crippen MR) is 88.2 cm³/mol. The average Bonchev–Trinajstić information content (AvgIpc) is 2.84. The molecule has 2 aromatic heterocycles. The van der Waals surface area contributed by atoms with Crippen LogP contribution in [0.25, 0.3) is 21.9 Å². The van der Waals surface area contributed by atoms with Crippen LogP contribution in [0.4, 0.5) is 5.95 Å². The standard InChI is InChI=1S/C17H22N4/c1-4-12(5-2)11(3)21-16-13-8-6-7-9-14(13)19-10-15(16)20-17(21)18/h6-12H,4-5H2,1-3H3,(H2,18,20). The second-order valence-electron chi connectivity index (χ2n) is 5.67. The van der Waals surface area contributed by atoms with Gasteiger partial charge in [-0.25, -0.2) is 4.98 Å². The summed E-state index contributed by atoms with van der Waals surface area (Å²) in [5.41, 5.74) is 9.19. The molecule has 1 unspecified atom stereocenters. The molecule has 3 aromatic rings. The van der Waals surface area contributed by atoms with Crippen molar-refractivity contribution in [3.63, 3.8) is 0 Å². The Labute approximate surface area is 125 Å². The number of imidazole rings is 1. The molecule has 0 spiro atoms. The quantitative estimate of drug-likeness (QED) is 0.781. The van der Waals surface area contributed by atoms with Crippen molar-refractivity contribution in [3.05, 3.63) is 30.5 Å². The second-order valence-corrected chi connectivity index (χ2v) is 5.67. The smallest absolute Gasteiger partial charge is 0.201 e. The van der Waals surface area contributed by atoms with E-state index in [4.69, 9.17) is 5.73 Å². The Balaban J connectivity index is 2.31. The van der Waals surface area contributed by atoms with Crippen molar-refractivity contribution in [1.29, 1.82) is 0 Å². The summed E-state index contributed by atoms with van der Waals surface area (Å²) in [7, 11) is 0. The van der Waals surface area contributed by atoms with E-state index in [2.05, 4.69) is 41.4 Å². The van der Waals surface area contributed by atoms with E-state index in [0.717, 1.165) is 34.8 Å². The zero-order valence-electron chi connectivity index (χ0n) is 12.9. The van der Waals surface area contributed by atoms with Gasteiger partial charge in [0.15, 0.2) is 0 Å². The van der Waals surface area contributed by atoms with Crippen LogP contribution in [0.1, 0.15) is 39.7 Å². The Hall–Kier alpha value is -2.10. The van der Waals surface area contributed by atoms with Crippen molar-refractivity contribution in [3.8, 4) is 0 Å². The number of pyridine rings is 1. The lowest BCUT2D eigenvalue weighted by Crippen LogP contribution is -2.17. The number of nitrogens with zero attached hydrogens (tertiary/aromatic N) is 3. The highest BCUT2D eigenvalue weighted by Crippen LogP contribution is 2.33. The first-order valence-electron chi connectivity index (χ1n) is 7.68. The third-order valence-corrected chi connectivity index (χ3v) is 4.59. The molecule has 0 radical (unpaired) electrons. The summed E-state index contributed by atoms with van der Waals surface area (Å²) in [6.07, 6.45) is 4.10. The monoisotopic (exact) mass is 282 g/mol. The van der Waals surface area contributed by atoms with E-state index in [9.17, 15) is 0 Å². The number of anilines is 1. The van der Waals surface area contributed by atoms with Crippen LogP contribution in [0.3, 0.4) is 0 Å². The second kappa shape index (κ2) is 5.35. The summed E-state index contributed by atoms with van der Waals surface area (Å²) in [5.74, 6) is 1.18. The first-order valence-corrected chi connectivity index (χ1v) is 7.68. The molecular weight excluding hydrogens is 260 g/mol. The maximum Gasteiger partial charge on any atom is 0.201 e. The van der Waals surface area contributed by atoms with Gasteiger partial charge in [0.05, 0.1) is 17.2 Å². The average molecular weight is 282 g/mol.